The van der Waals surface area contributed by atoms with Crippen LogP contribution in [0.25, 0.3) is 0 Å². The summed E-state index contributed by atoms with van der Waals surface area (Å²) < 4.78 is 13.4. The summed E-state index contributed by atoms with van der Waals surface area (Å²) in [5.41, 5.74) is 3.12. The van der Waals surface area contributed by atoms with Crippen molar-refractivity contribution < 1.29 is 18.8 Å². The lowest BCUT2D eigenvalue weighted by Crippen LogP contribution is -2.76. The van der Waals surface area contributed by atoms with Crippen molar-refractivity contribution in [1.82, 2.24) is 25.1 Å². The summed E-state index contributed by atoms with van der Waals surface area (Å²) in [6, 6.07) is 25.5. The number of benzene rings is 3. The first-order chi connectivity index (χ1) is 20.9. The van der Waals surface area contributed by atoms with Gasteiger partial charge in [0, 0.05) is 26.1 Å². The van der Waals surface area contributed by atoms with Crippen molar-refractivity contribution in [2.24, 2.45) is 0 Å². The minimum atomic E-state index is -0.633. The van der Waals surface area contributed by atoms with Crippen LogP contribution in [0.1, 0.15) is 55.2 Å². The van der Waals surface area contributed by atoms with Crippen molar-refractivity contribution in [3.8, 4) is 0 Å². The van der Waals surface area contributed by atoms with Gasteiger partial charge in [0.1, 0.15) is 18.0 Å². The second-order valence-electron chi connectivity index (χ2n) is 11.3. The Bertz CT molecular complexity index is 1350. The van der Waals surface area contributed by atoms with E-state index in [0.29, 0.717) is 19.4 Å². The maximum Gasteiger partial charge on any atom is 0.334 e. The molecule has 0 aliphatic carbocycles. The van der Waals surface area contributed by atoms with Crippen LogP contribution in [-0.4, -0.2) is 76.6 Å². The average molecular weight is 586 g/mol. The lowest BCUT2D eigenvalue weighted by molar-refractivity contribution is -0.187. The van der Waals surface area contributed by atoms with E-state index in [1.807, 2.05) is 41.3 Å². The summed E-state index contributed by atoms with van der Waals surface area (Å²) in [4.78, 5) is 44.5. The quantitative estimate of drug-likeness (QED) is 0.365. The lowest BCUT2D eigenvalue weighted by atomic mass is 9.88. The molecule has 4 amide bonds. The number of urea groups is 1. The molecule has 1 N–H and O–H groups in total. The molecule has 226 valence electrons. The number of hydrogen-bond acceptors (Lipinski definition) is 4. The van der Waals surface area contributed by atoms with Crippen molar-refractivity contribution >= 4 is 17.8 Å². The fraction of sp³-hybridized carbons (Fsp3) is 0.382. The highest BCUT2D eigenvalue weighted by atomic mass is 19.1. The smallest absolute Gasteiger partial charge is 0.334 e. The Morgan fingerprint density at radius 3 is 2.19 bits per heavy atom. The Kier molecular flexibility index (Phi) is 9.72. The number of rotatable bonds is 10. The van der Waals surface area contributed by atoms with Crippen molar-refractivity contribution in [3.05, 3.63) is 107 Å². The molecule has 2 saturated heterocycles. The zero-order chi connectivity index (χ0) is 30.3. The first-order valence-corrected chi connectivity index (χ1v) is 15.1. The van der Waals surface area contributed by atoms with Gasteiger partial charge in [-0.25, -0.2) is 19.2 Å². The zero-order valence-electron chi connectivity index (χ0n) is 24.9. The summed E-state index contributed by atoms with van der Waals surface area (Å²) in [5, 5.41) is 6.12. The number of carbonyl (C=O) groups is 3. The summed E-state index contributed by atoms with van der Waals surface area (Å²) >= 11 is 0. The van der Waals surface area contributed by atoms with E-state index in [9.17, 15) is 18.8 Å². The number of halogens is 1. The van der Waals surface area contributed by atoms with Crippen molar-refractivity contribution in [2.75, 3.05) is 26.7 Å². The Morgan fingerprint density at radius 2 is 1.58 bits per heavy atom. The molecule has 0 bridgehead atoms. The number of unbranched alkanes of at least 4 members (excludes halogenated alkanes) is 1. The lowest BCUT2D eigenvalue weighted by Gasteiger charge is -2.54. The molecule has 5 rings (SSSR count). The predicted molar refractivity (Wildman–Crippen MR) is 163 cm³/mol. The molecule has 0 aromatic heterocycles. The van der Waals surface area contributed by atoms with Crippen LogP contribution in [0.5, 0.6) is 0 Å². The van der Waals surface area contributed by atoms with Gasteiger partial charge in [0.2, 0.25) is 11.8 Å². The van der Waals surface area contributed by atoms with Crippen molar-refractivity contribution in [1.29, 1.82) is 0 Å². The van der Waals surface area contributed by atoms with Crippen LogP contribution < -0.4 is 5.32 Å². The van der Waals surface area contributed by atoms with Crippen molar-refractivity contribution in [3.63, 3.8) is 0 Å². The van der Waals surface area contributed by atoms with Gasteiger partial charge in [-0.2, -0.15) is 0 Å². The maximum atomic E-state index is 14.0. The number of amides is 4. The summed E-state index contributed by atoms with van der Waals surface area (Å²) in [6.45, 7) is 2.98. The topological polar surface area (TPSA) is 76.2 Å². The van der Waals surface area contributed by atoms with Gasteiger partial charge < -0.3 is 15.1 Å². The molecule has 3 aromatic carbocycles. The molecular formula is C34H40FN5O3. The molecule has 0 radical (unpaired) electrons. The normalized spacial score (nSPS) is 19.1. The third-order valence-corrected chi connectivity index (χ3v) is 8.43. The SMILES string of the molecule is CCCC[C@H]1C(=O)N(CCC(c2ccccc2)c2ccccc2)C[C@H]2N1C(=O)CN(C)N2C(=O)NCc1ccc(F)cc1. The van der Waals surface area contributed by atoms with Gasteiger partial charge in [-0.3, -0.25) is 9.59 Å². The van der Waals surface area contributed by atoms with E-state index in [1.54, 1.807) is 34.1 Å². The Labute approximate surface area is 253 Å². The summed E-state index contributed by atoms with van der Waals surface area (Å²) in [6.07, 6.45) is 2.30. The fourth-order valence-corrected chi connectivity index (χ4v) is 6.22. The third-order valence-electron chi connectivity index (χ3n) is 8.43. The van der Waals surface area contributed by atoms with Gasteiger partial charge in [-0.1, -0.05) is 92.6 Å². The number of piperazine rings is 1. The highest BCUT2D eigenvalue weighted by molar-refractivity contribution is 5.91. The molecule has 2 heterocycles. The maximum absolute atomic E-state index is 14.0. The Hall–Kier alpha value is -4.24. The second kappa shape index (κ2) is 13.8. The number of hydrogen-bond donors (Lipinski definition) is 1. The van der Waals surface area contributed by atoms with E-state index >= 15 is 0 Å². The highest BCUT2D eigenvalue weighted by Gasteiger charge is 2.50. The molecule has 8 nitrogen and oxygen atoms in total. The van der Waals surface area contributed by atoms with Gasteiger partial charge >= 0.3 is 6.03 Å². The first-order valence-electron chi connectivity index (χ1n) is 15.1. The highest BCUT2D eigenvalue weighted by Crippen LogP contribution is 2.32. The van der Waals surface area contributed by atoms with Crippen LogP contribution in [-0.2, 0) is 16.1 Å². The van der Waals surface area contributed by atoms with Crippen LogP contribution >= 0.6 is 0 Å². The molecule has 9 heteroatoms. The Morgan fingerprint density at radius 1 is 0.953 bits per heavy atom. The summed E-state index contributed by atoms with van der Waals surface area (Å²) in [5.74, 6) is -0.468. The van der Waals surface area contributed by atoms with Crippen LogP contribution in [0.2, 0.25) is 0 Å². The standard InChI is InChI=1S/C34H40FN5O3/c1-3-4-15-30-33(42)38(21-20-29(26-11-7-5-8-12-26)27-13-9-6-10-14-27)23-31-39(30)32(41)24-37(2)40(31)34(43)36-22-25-16-18-28(35)19-17-25/h5-14,16-19,29-31H,3-4,15,20-24H2,1-2H3,(H,36,43)/t30-,31-/m0/s1. The van der Waals surface area contributed by atoms with Crippen LogP contribution in [0, 0.1) is 5.82 Å². The molecule has 2 aliphatic rings. The van der Waals surface area contributed by atoms with E-state index in [4.69, 9.17) is 0 Å². The molecule has 0 saturated carbocycles. The van der Waals surface area contributed by atoms with E-state index in [0.717, 1.165) is 18.4 Å². The predicted octanol–water partition coefficient (Wildman–Crippen LogP) is 4.98. The molecule has 2 aliphatic heterocycles. The molecule has 3 aromatic rings. The van der Waals surface area contributed by atoms with Crippen LogP contribution in [0.15, 0.2) is 84.9 Å². The average Bonchev–Trinajstić information content (AvgIpc) is 3.02. The van der Waals surface area contributed by atoms with Gasteiger partial charge in [-0.15, -0.1) is 0 Å². The number of nitrogens with zero attached hydrogens (tertiary/aromatic N) is 4. The largest absolute Gasteiger partial charge is 0.337 e. The monoisotopic (exact) mass is 585 g/mol. The number of carbonyl (C=O) groups excluding carboxylic acids is 3. The van der Waals surface area contributed by atoms with Crippen molar-refractivity contribution in [2.45, 2.75) is 57.3 Å². The summed E-state index contributed by atoms with van der Waals surface area (Å²) in [7, 11) is 1.72. The number of likely N-dealkylation sites (N-methyl/N-ethyl adjacent to an activating group) is 1. The fourth-order valence-electron chi connectivity index (χ4n) is 6.22. The van der Waals surface area contributed by atoms with E-state index < -0.39 is 12.2 Å². The zero-order valence-corrected chi connectivity index (χ0v) is 24.9. The van der Waals surface area contributed by atoms with E-state index in [-0.39, 0.29) is 49.2 Å². The molecular weight excluding hydrogens is 545 g/mol. The van der Waals surface area contributed by atoms with Gasteiger partial charge in [0.25, 0.3) is 0 Å². The number of fused-ring (bicyclic) bond motifs is 1. The minimum absolute atomic E-state index is 0.000458. The molecule has 0 unspecified atom stereocenters. The molecule has 2 fully saturated rings. The van der Waals surface area contributed by atoms with Gasteiger partial charge in [0.15, 0.2) is 0 Å². The van der Waals surface area contributed by atoms with Gasteiger partial charge in [0.05, 0.1) is 13.1 Å². The number of hydrazine groups is 1. The third kappa shape index (κ3) is 6.88. The Balaban J connectivity index is 1.39. The second-order valence-corrected chi connectivity index (χ2v) is 11.3. The van der Waals surface area contributed by atoms with Gasteiger partial charge in [-0.05, 0) is 41.7 Å². The first kappa shape index (κ1) is 30.2. The minimum Gasteiger partial charge on any atom is -0.337 e. The van der Waals surface area contributed by atoms with E-state index in [1.165, 1.54) is 23.3 Å². The van der Waals surface area contributed by atoms with E-state index in [2.05, 4.69) is 36.5 Å². The van der Waals surface area contributed by atoms with Crippen LogP contribution in [0.3, 0.4) is 0 Å². The molecule has 0 spiro atoms. The number of nitrogens with one attached hydrogen (secondary N) is 1. The van der Waals surface area contributed by atoms with Crippen LogP contribution in [0.4, 0.5) is 9.18 Å². The molecule has 43 heavy (non-hydrogen) atoms. The molecule has 2 atom stereocenters.